The molecular weight excluding hydrogens is 312 g/mol. The first-order valence-corrected chi connectivity index (χ1v) is 8.29. The van der Waals surface area contributed by atoms with E-state index < -0.39 is 5.97 Å². The Morgan fingerprint density at radius 3 is 2.76 bits per heavy atom. The van der Waals surface area contributed by atoms with Crippen molar-refractivity contribution < 1.29 is 9.90 Å². The predicted molar refractivity (Wildman–Crippen MR) is 98.2 cm³/mol. The van der Waals surface area contributed by atoms with Crippen molar-refractivity contribution in [3.63, 3.8) is 0 Å². The summed E-state index contributed by atoms with van der Waals surface area (Å²) in [5.74, 6) is -0.911. The molecule has 0 saturated heterocycles. The lowest BCUT2D eigenvalue weighted by Gasteiger charge is -2.23. The van der Waals surface area contributed by atoms with Gasteiger partial charge in [0.1, 0.15) is 0 Å². The Labute approximate surface area is 145 Å². The summed E-state index contributed by atoms with van der Waals surface area (Å²) >= 11 is 0. The van der Waals surface area contributed by atoms with Gasteiger partial charge in [0.2, 0.25) is 0 Å². The zero-order valence-electron chi connectivity index (χ0n) is 13.7. The molecule has 4 heteroatoms. The molecule has 3 aromatic rings. The van der Waals surface area contributed by atoms with Crippen LogP contribution in [0.4, 0.5) is 0 Å². The number of H-pyrrole nitrogens is 1. The van der Waals surface area contributed by atoms with Crippen LogP contribution in [0.1, 0.15) is 27.9 Å². The molecule has 0 amide bonds. The van der Waals surface area contributed by atoms with Gasteiger partial charge < -0.3 is 15.0 Å². The van der Waals surface area contributed by atoms with E-state index in [0.717, 1.165) is 41.5 Å². The molecule has 0 aliphatic carbocycles. The van der Waals surface area contributed by atoms with E-state index >= 15 is 0 Å². The number of nitrogens with one attached hydrogen (secondary N) is 1. The molecule has 0 radical (unpaired) electrons. The predicted octanol–water partition coefficient (Wildman–Crippen LogP) is 4.27. The van der Waals surface area contributed by atoms with Crippen LogP contribution in [0, 0.1) is 0 Å². The smallest absolute Gasteiger partial charge is 0.335 e. The minimum atomic E-state index is -0.911. The highest BCUT2D eigenvalue weighted by atomic mass is 16.4. The maximum absolute atomic E-state index is 11.1. The molecule has 0 bridgehead atoms. The number of aromatic nitrogens is 1. The third-order valence-electron chi connectivity index (χ3n) is 4.55. The number of hydrogen-bond donors (Lipinski definition) is 2. The Balaban J connectivity index is 1.61. The largest absolute Gasteiger partial charge is 0.478 e. The first kappa shape index (κ1) is 15.3. The third kappa shape index (κ3) is 3.08. The van der Waals surface area contributed by atoms with Crippen LogP contribution in [-0.4, -0.2) is 27.5 Å². The van der Waals surface area contributed by atoms with Gasteiger partial charge in [-0.15, -0.1) is 0 Å². The van der Waals surface area contributed by atoms with Gasteiger partial charge in [0.25, 0.3) is 0 Å². The fraction of sp³-hybridized carbons (Fsp3) is 0.143. The summed E-state index contributed by atoms with van der Waals surface area (Å²) in [6, 6.07) is 15.6. The van der Waals surface area contributed by atoms with E-state index in [1.54, 1.807) is 12.1 Å². The standard InChI is InChI=1S/C21H18N2O2/c24-21(25)17-6-7-18-19(13-22-20(18)12-17)16-8-10-23(11-9-16)14-15-4-2-1-3-5-15/h1-7,11-13,22H,8,10,14H2,(H,24,25). The number of rotatable bonds is 4. The lowest BCUT2D eigenvalue weighted by Crippen LogP contribution is -2.20. The van der Waals surface area contributed by atoms with Gasteiger partial charge in [0.05, 0.1) is 5.56 Å². The Hall–Kier alpha value is -3.23. The highest BCUT2D eigenvalue weighted by Crippen LogP contribution is 2.29. The van der Waals surface area contributed by atoms with Gasteiger partial charge in [-0.2, -0.15) is 0 Å². The van der Waals surface area contributed by atoms with Crippen molar-refractivity contribution in [2.75, 3.05) is 6.54 Å². The SMILES string of the molecule is O=C(O)c1ccc2c(C3=C=CN(Cc4ccccc4)CC3)c[nH]c2c1. The molecule has 1 aromatic heterocycles. The van der Waals surface area contributed by atoms with Crippen molar-refractivity contribution in [2.45, 2.75) is 13.0 Å². The molecule has 1 aliphatic rings. The number of carboxylic acid groups (broad SMARTS) is 1. The number of aromatic amines is 1. The molecule has 1 aliphatic heterocycles. The van der Waals surface area contributed by atoms with Gasteiger partial charge in [-0.05, 0) is 24.1 Å². The summed E-state index contributed by atoms with van der Waals surface area (Å²) in [7, 11) is 0. The number of carboxylic acids is 1. The second-order valence-electron chi connectivity index (χ2n) is 6.23. The minimum absolute atomic E-state index is 0.295. The zero-order chi connectivity index (χ0) is 17.2. The van der Waals surface area contributed by atoms with Crippen LogP contribution in [0.25, 0.3) is 16.5 Å². The Kier molecular flexibility index (Phi) is 3.88. The van der Waals surface area contributed by atoms with Gasteiger partial charge in [-0.25, -0.2) is 4.79 Å². The summed E-state index contributed by atoms with van der Waals surface area (Å²) < 4.78 is 0. The lowest BCUT2D eigenvalue weighted by molar-refractivity contribution is 0.0697. The van der Waals surface area contributed by atoms with E-state index in [-0.39, 0.29) is 0 Å². The van der Waals surface area contributed by atoms with Gasteiger partial charge >= 0.3 is 5.97 Å². The number of hydrogen-bond acceptors (Lipinski definition) is 2. The molecule has 2 aromatic carbocycles. The zero-order valence-corrected chi connectivity index (χ0v) is 13.7. The maximum Gasteiger partial charge on any atom is 0.335 e. The summed E-state index contributed by atoms with van der Waals surface area (Å²) in [4.78, 5) is 16.5. The summed E-state index contributed by atoms with van der Waals surface area (Å²) in [5.41, 5.74) is 8.08. The third-order valence-corrected chi connectivity index (χ3v) is 4.55. The highest BCUT2D eigenvalue weighted by Gasteiger charge is 2.14. The van der Waals surface area contributed by atoms with E-state index in [1.165, 1.54) is 5.56 Å². The molecular formula is C21H18N2O2. The molecule has 2 heterocycles. The maximum atomic E-state index is 11.1. The number of benzene rings is 2. The van der Waals surface area contributed by atoms with Gasteiger partial charge in [-0.3, -0.25) is 0 Å². The summed E-state index contributed by atoms with van der Waals surface area (Å²) in [6.45, 7) is 1.83. The van der Waals surface area contributed by atoms with E-state index in [1.807, 2.05) is 24.5 Å². The monoisotopic (exact) mass is 330 g/mol. The van der Waals surface area contributed by atoms with Gasteiger partial charge in [0.15, 0.2) is 0 Å². The van der Waals surface area contributed by atoms with E-state index in [4.69, 9.17) is 5.11 Å². The number of nitrogens with zero attached hydrogens (tertiary/aromatic N) is 1. The van der Waals surface area contributed by atoms with Crippen LogP contribution in [0.15, 0.2) is 66.7 Å². The fourth-order valence-electron chi connectivity index (χ4n) is 3.23. The lowest BCUT2D eigenvalue weighted by atomic mass is 10.0. The number of aromatic carboxylic acids is 1. The summed E-state index contributed by atoms with van der Waals surface area (Å²) in [6.07, 6.45) is 4.88. The van der Waals surface area contributed by atoms with Crippen molar-refractivity contribution >= 4 is 22.4 Å². The van der Waals surface area contributed by atoms with Crippen molar-refractivity contribution in [3.05, 3.63) is 83.3 Å². The van der Waals surface area contributed by atoms with E-state index in [9.17, 15) is 4.79 Å². The van der Waals surface area contributed by atoms with Crippen molar-refractivity contribution in [1.82, 2.24) is 9.88 Å². The fourth-order valence-corrected chi connectivity index (χ4v) is 3.23. The topological polar surface area (TPSA) is 56.3 Å². The molecule has 4 rings (SSSR count). The van der Waals surface area contributed by atoms with Crippen molar-refractivity contribution in [1.29, 1.82) is 0 Å². The van der Waals surface area contributed by atoms with Crippen LogP contribution in [-0.2, 0) is 6.54 Å². The minimum Gasteiger partial charge on any atom is -0.478 e. The second kappa shape index (κ2) is 6.34. The molecule has 0 atom stereocenters. The van der Waals surface area contributed by atoms with Crippen LogP contribution in [0.5, 0.6) is 0 Å². The number of fused-ring (bicyclic) bond motifs is 1. The Morgan fingerprint density at radius 1 is 1.20 bits per heavy atom. The first-order chi connectivity index (χ1) is 12.2. The van der Waals surface area contributed by atoms with Crippen LogP contribution < -0.4 is 0 Å². The van der Waals surface area contributed by atoms with E-state index in [2.05, 4.69) is 39.9 Å². The van der Waals surface area contributed by atoms with E-state index in [0.29, 0.717) is 5.56 Å². The molecule has 25 heavy (non-hydrogen) atoms. The van der Waals surface area contributed by atoms with Crippen molar-refractivity contribution in [2.24, 2.45) is 0 Å². The second-order valence-corrected chi connectivity index (χ2v) is 6.23. The molecule has 124 valence electrons. The molecule has 0 unspecified atom stereocenters. The average molecular weight is 330 g/mol. The van der Waals surface area contributed by atoms with Crippen molar-refractivity contribution in [3.8, 4) is 0 Å². The van der Waals surface area contributed by atoms with Crippen LogP contribution in [0.2, 0.25) is 0 Å². The molecule has 0 spiro atoms. The quantitative estimate of drug-likeness (QED) is 0.703. The average Bonchev–Trinajstić information content (AvgIpc) is 3.06. The van der Waals surface area contributed by atoms with Gasteiger partial charge in [-0.1, -0.05) is 42.1 Å². The Bertz CT molecular complexity index is 995. The highest BCUT2D eigenvalue weighted by molar-refractivity contribution is 5.97. The number of carbonyl (C=O) groups is 1. The summed E-state index contributed by atoms with van der Waals surface area (Å²) in [5, 5.41) is 10.1. The first-order valence-electron chi connectivity index (χ1n) is 8.29. The normalized spacial score (nSPS) is 13.9. The Morgan fingerprint density at radius 2 is 2.04 bits per heavy atom. The molecule has 0 fully saturated rings. The van der Waals surface area contributed by atoms with Crippen LogP contribution in [0.3, 0.4) is 0 Å². The molecule has 2 N–H and O–H groups in total. The molecule has 4 nitrogen and oxygen atoms in total. The molecule has 0 saturated carbocycles. The van der Waals surface area contributed by atoms with Gasteiger partial charge in [0, 0.05) is 47.5 Å². The van der Waals surface area contributed by atoms with Crippen LogP contribution >= 0.6 is 0 Å².